The van der Waals surface area contributed by atoms with Gasteiger partial charge in [-0.3, -0.25) is 0 Å². The van der Waals surface area contributed by atoms with Crippen LogP contribution in [0.5, 0.6) is 0 Å². The van der Waals surface area contributed by atoms with Gasteiger partial charge in [0.1, 0.15) is 0 Å². The highest BCUT2D eigenvalue weighted by Crippen LogP contribution is 2.33. The second-order valence-corrected chi connectivity index (χ2v) is 42.7. The van der Waals surface area contributed by atoms with Gasteiger partial charge in [0.05, 0.1) is 0 Å². The lowest BCUT2D eigenvalue weighted by Gasteiger charge is -2.12. The molecule has 0 radical (unpaired) electrons. The number of hydrogen-bond donors (Lipinski definition) is 0. The Morgan fingerprint density at radius 3 is 1.13 bits per heavy atom. The maximum atomic E-state index is 3.26. The van der Waals surface area contributed by atoms with Crippen LogP contribution in [0.15, 0.2) is 275 Å². The molecule has 718 valence electrons. The molecule has 9 aromatic heterocycles. The first-order chi connectivity index (χ1) is 63.9. The third kappa shape index (κ3) is 30.1. The molecule has 6 aromatic carbocycles. The molecule has 0 fully saturated rings. The lowest BCUT2D eigenvalue weighted by Crippen LogP contribution is -2.40. The molecule has 15 aromatic rings. The largest absolute Gasteiger partial charge is 0.216 e. The average Bonchev–Trinajstić information content (AvgIpc) is 0.953. The first-order valence-corrected chi connectivity index (χ1v) is 51.6. The predicted molar refractivity (Wildman–Crippen MR) is 577 cm³/mol. The third-order valence-electron chi connectivity index (χ3n) is 26.2. The van der Waals surface area contributed by atoms with Crippen LogP contribution in [-0.4, -0.2) is 0 Å². The SMILES string of the molecule is CC(C)c1c[n+](C(C)C)cc2ccccc12.CC(C)c1cc[n+](C(C)C)c2c1CCC2.CC(C)c1cc[n+](C(C)C)c2ccccc12.CC(C)c1cc[n+](C(C)C)cc1.CC(C)c1cc[nH+]c(C(C)C)c1.CC(C)c1cccc2c1ccc[n+]2C(C)C.CC(C)c1cccc2c[n+](C(C)C)ccc12.CC(C)c1cccc2cc[n+](C(C)C)cc12.CC(C)c1cccc2ccc[n+](C(C)C)c12. The van der Waals surface area contributed by atoms with E-state index >= 15 is 0 Å². The third-order valence-corrected chi connectivity index (χ3v) is 26.2. The number of benzene rings is 6. The van der Waals surface area contributed by atoms with Crippen molar-refractivity contribution in [1.29, 1.82) is 0 Å². The van der Waals surface area contributed by atoms with Gasteiger partial charge in [0.25, 0.3) is 0 Å². The van der Waals surface area contributed by atoms with Gasteiger partial charge in [0.2, 0.25) is 16.6 Å². The molecule has 9 nitrogen and oxygen atoms in total. The van der Waals surface area contributed by atoms with Gasteiger partial charge in [0.15, 0.2) is 140 Å². The van der Waals surface area contributed by atoms with Crippen molar-refractivity contribution >= 4 is 65.0 Å². The summed E-state index contributed by atoms with van der Waals surface area (Å²) in [4.78, 5) is 3.26. The molecule has 1 aliphatic rings. The van der Waals surface area contributed by atoms with Gasteiger partial charge in [-0.2, -0.15) is 13.7 Å². The van der Waals surface area contributed by atoms with E-state index in [4.69, 9.17) is 0 Å². The van der Waals surface area contributed by atoms with E-state index in [1.807, 2.05) is 6.20 Å². The summed E-state index contributed by atoms with van der Waals surface area (Å²) < 4.78 is 18.5. The van der Waals surface area contributed by atoms with Crippen LogP contribution in [-0.2, 0) is 12.8 Å². The molecule has 0 bridgehead atoms. The molecule has 0 unspecified atom stereocenters. The van der Waals surface area contributed by atoms with E-state index in [0.717, 1.165) is 0 Å². The van der Waals surface area contributed by atoms with Crippen molar-refractivity contribution in [2.45, 2.75) is 376 Å². The maximum Gasteiger partial charge on any atom is 0.216 e. The number of nitrogens with one attached hydrogen (secondary N) is 1. The van der Waals surface area contributed by atoms with Crippen LogP contribution in [0.3, 0.4) is 0 Å². The molecule has 0 amide bonds. The van der Waals surface area contributed by atoms with Crippen LogP contribution in [0, 0.1) is 0 Å². The summed E-state index contributed by atoms with van der Waals surface area (Å²) in [5.74, 6) is 5.95. The molecule has 9 heteroatoms. The second-order valence-electron chi connectivity index (χ2n) is 42.7. The number of rotatable bonds is 18. The Kier molecular flexibility index (Phi) is 42.2. The van der Waals surface area contributed by atoms with E-state index in [2.05, 4.69) is 559 Å². The topological polar surface area (TPSA) is 45.2 Å². The van der Waals surface area contributed by atoms with Gasteiger partial charge >= 0.3 is 0 Å². The maximum absolute atomic E-state index is 3.26. The minimum Gasteiger partial charge on any atom is -0.215 e. The van der Waals surface area contributed by atoms with Crippen molar-refractivity contribution < 1.29 is 41.5 Å². The number of aromatic amines is 1. The Morgan fingerprint density at radius 1 is 0.222 bits per heavy atom. The van der Waals surface area contributed by atoms with Gasteiger partial charge in [-0.15, -0.1) is 0 Å². The minimum absolute atomic E-state index is 0.503. The van der Waals surface area contributed by atoms with E-state index in [1.54, 1.807) is 16.8 Å². The summed E-state index contributed by atoms with van der Waals surface area (Å²) >= 11 is 0. The Labute approximate surface area is 818 Å². The van der Waals surface area contributed by atoms with Crippen molar-refractivity contribution in [3.8, 4) is 0 Å². The zero-order chi connectivity index (χ0) is 99.5. The monoisotopic (exact) mass is 1820 g/mol. The van der Waals surface area contributed by atoms with Gasteiger partial charge in [-0.1, -0.05) is 223 Å². The molecule has 9 heterocycles. The second kappa shape index (κ2) is 52.0. The van der Waals surface area contributed by atoms with Gasteiger partial charge in [0, 0.05) is 134 Å². The summed E-state index contributed by atoms with van der Waals surface area (Å²) in [7, 11) is 0. The first kappa shape index (κ1) is 110. The molecule has 16 rings (SSSR count). The Balaban J connectivity index is 0.000000187. The number of fused-ring (bicyclic) bond motifs is 7. The predicted octanol–water partition coefficient (Wildman–Crippen LogP) is 31.6. The smallest absolute Gasteiger partial charge is 0.215 e. The highest BCUT2D eigenvalue weighted by molar-refractivity contribution is 5.87. The van der Waals surface area contributed by atoms with E-state index < -0.39 is 0 Å². The molecular weight excluding hydrogens is 1640 g/mol. The highest BCUT2D eigenvalue weighted by Gasteiger charge is 2.28. The molecule has 0 spiro atoms. The van der Waals surface area contributed by atoms with Crippen molar-refractivity contribution in [2.75, 3.05) is 0 Å². The normalized spacial score (nSPS) is 11.9. The Bertz CT molecular complexity index is 5880. The van der Waals surface area contributed by atoms with Gasteiger partial charge in [-0.05, 0) is 268 Å². The summed E-state index contributed by atoms with van der Waals surface area (Å²) in [5, 5.41) is 12.3. The number of H-pyrrole nitrogens is 1. The molecule has 1 aliphatic carbocycles. The molecule has 0 atom stereocenters. The van der Waals surface area contributed by atoms with Crippen molar-refractivity contribution in [2.24, 2.45) is 0 Å². The number of pyridine rings is 9. The van der Waals surface area contributed by atoms with E-state index in [1.165, 1.54) is 134 Å². The summed E-state index contributed by atoms with van der Waals surface area (Å²) in [5.41, 5.74) is 21.6. The van der Waals surface area contributed by atoms with Crippen LogP contribution < -0.4 is 41.5 Å². The van der Waals surface area contributed by atoms with Crippen LogP contribution in [0.25, 0.3) is 65.0 Å². The zero-order valence-corrected chi connectivity index (χ0v) is 90.6. The first-order valence-electron chi connectivity index (χ1n) is 51.6. The van der Waals surface area contributed by atoms with E-state index in [0.29, 0.717) is 108 Å². The highest BCUT2D eigenvalue weighted by atomic mass is 15.0. The lowest BCUT2D eigenvalue weighted by molar-refractivity contribution is -0.723. The molecule has 0 aliphatic heterocycles. The van der Waals surface area contributed by atoms with Crippen LogP contribution in [0.4, 0.5) is 0 Å². The summed E-state index contributed by atoms with van der Waals surface area (Å²) in [6.45, 7) is 80.5. The molecule has 0 saturated carbocycles. The van der Waals surface area contributed by atoms with Crippen molar-refractivity contribution in [3.05, 3.63) is 342 Å². The van der Waals surface area contributed by atoms with Crippen LogP contribution in [0.1, 0.15) is 430 Å². The minimum atomic E-state index is 0.503. The molecule has 135 heavy (non-hydrogen) atoms. The van der Waals surface area contributed by atoms with Crippen molar-refractivity contribution in [3.63, 3.8) is 0 Å². The van der Waals surface area contributed by atoms with Crippen LogP contribution >= 0.6 is 0 Å². The quantitative estimate of drug-likeness (QED) is 0.0769. The average molecular weight is 1820 g/mol. The number of para-hydroxylation sites is 2. The van der Waals surface area contributed by atoms with Crippen molar-refractivity contribution in [1.82, 2.24) is 0 Å². The fourth-order valence-corrected chi connectivity index (χ4v) is 18.0. The van der Waals surface area contributed by atoms with E-state index in [9.17, 15) is 0 Å². The number of nitrogens with zero attached hydrogens (tertiary/aromatic N) is 8. The fourth-order valence-electron chi connectivity index (χ4n) is 18.0. The van der Waals surface area contributed by atoms with Gasteiger partial charge < -0.3 is 0 Å². The lowest BCUT2D eigenvalue weighted by atomic mass is 9.97. The number of aromatic nitrogens is 9. The van der Waals surface area contributed by atoms with Gasteiger partial charge in [-0.25, -0.2) is 27.8 Å². The molecule has 0 saturated heterocycles. The summed E-state index contributed by atoms with van der Waals surface area (Å²) in [6.07, 6.45) is 32.5. The summed E-state index contributed by atoms with van der Waals surface area (Å²) in [6, 6.07) is 74.4. The molecular formula is C126H178N9+9. The fraction of sp³-hybridized carbons (Fsp3) is 0.452. The number of hydrogen-bond acceptors (Lipinski definition) is 0. The van der Waals surface area contributed by atoms with E-state index in [-0.39, 0.29) is 0 Å². The standard InChI is InChI=1S/6C15H20N.C14H22N.C11H18N.C11H17N/c1-11(2)13-7-5-9-15-14(13)8-6-10-16(15)12(3)4;1-11(2)14-9-5-7-13-8-6-10-16(12(3)4)15(13)14;1-11(2)14-7-5-6-13-10-16(12(3)4)9-8-15(13)14;1-11(2)14-7-5-6-13-8-9-16(12(3)4)10-15(13)14;1-11(2)15-10-16(12(3)4)9-13-7-5-6-8-14(13)15;1-11(2)13-9-10-16(12(3)4)15-8-6-5-7-14(13)15;1-10(2)12-8-9-15(11(3)4)14-7-5-6-13(12)14;1-9(2)11-5-7-12(8-6-11)10(3)4;1-8(2)10-5-6-12-11(7-10)9(3)4/h6*5-12H,1-4H3;8-11H,5-7H2,1-4H3;5-10H,1-4H3;5-9H,1-4H3/q8*+1;/p+1. The molecule has 1 N–H and O–H groups in total. The Hall–Kier alpha value is -10.8. The Morgan fingerprint density at radius 2 is 0.607 bits per heavy atom. The van der Waals surface area contributed by atoms with Crippen LogP contribution in [0.2, 0.25) is 0 Å². The zero-order valence-electron chi connectivity index (χ0n) is 90.6.